The van der Waals surface area contributed by atoms with Crippen molar-refractivity contribution in [3.05, 3.63) is 64.7 Å². The number of fused-ring (bicyclic) bond motifs is 4. The van der Waals surface area contributed by atoms with E-state index in [1.165, 1.54) is 34.0 Å². The van der Waals surface area contributed by atoms with E-state index in [2.05, 4.69) is 39.4 Å². The Balaban J connectivity index is 1.14. The van der Waals surface area contributed by atoms with Gasteiger partial charge in [-0.25, -0.2) is 0 Å². The molecule has 6 rings (SSSR count). The molecule has 0 radical (unpaired) electrons. The molecule has 1 fully saturated rings. The molecule has 2 N–H and O–H groups in total. The third kappa shape index (κ3) is 8.35. The number of nitrogens with zero attached hydrogens (tertiary/aromatic N) is 2. The van der Waals surface area contributed by atoms with E-state index in [9.17, 15) is 9.90 Å². The highest BCUT2D eigenvalue weighted by Gasteiger charge is 2.38. The summed E-state index contributed by atoms with van der Waals surface area (Å²) in [4.78, 5) is 17.8. The molecule has 3 aliphatic rings. The number of ether oxygens (including phenoxy) is 6. The fourth-order valence-corrected chi connectivity index (χ4v) is 8.99. The van der Waals surface area contributed by atoms with Crippen molar-refractivity contribution in [1.29, 1.82) is 0 Å². The Bertz CT molecular complexity index is 1710. The summed E-state index contributed by atoms with van der Waals surface area (Å²) in [5.41, 5.74) is 5.84. The van der Waals surface area contributed by atoms with Crippen LogP contribution in [0.25, 0.3) is 0 Å². The van der Waals surface area contributed by atoms with E-state index in [0.717, 1.165) is 74.7 Å². The van der Waals surface area contributed by atoms with E-state index in [-0.39, 0.29) is 17.7 Å². The van der Waals surface area contributed by atoms with E-state index in [1.54, 1.807) is 60.9 Å². The summed E-state index contributed by atoms with van der Waals surface area (Å²) in [6.45, 7) is 3.45. The minimum atomic E-state index is -0.599. The van der Waals surface area contributed by atoms with Crippen LogP contribution in [-0.4, -0.2) is 107 Å². The van der Waals surface area contributed by atoms with Gasteiger partial charge in [0.25, 0.3) is 0 Å². The van der Waals surface area contributed by atoms with Gasteiger partial charge in [-0.1, -0.05) is 0 Å². The second kappa shape index (κ2) is 17.3. The standard InChI is InChI=1S/C40H53N3O8S/c1-46-34-8-7-28(19-37(34)49-4)41-40(45)24-52-23-29(44)22-43-14-11-27-18-36(48-3)39(51-6)21-31(27)33(43)16-25-9-12-42-13-10-26-17-35(47-2)38(50-5)20-30(26)32(42)15-25/h7-8,17-21,25,29,32-33,44H,9-16,22-24H2,1-6H3,(H,41,45). The number of benzene rings is 3. The predicted molar refractivity (Wildman–Crippen MR) is 204 cm³/mol. The molecule has 282 valence electrons. The van der Waals surface area contributed by atoms with Crippen LogP contribution in [-0.2, 0) is 17.6 Å². The molecule has 0 bridgehead atoms. The molecule has 11 nitrogen and oxygen atoms in total. The molecule has 3 heterocycles. The summed E-state index contributed by atoms with van der Waals surface area (Å²) in [6.07, 6.45) is 4.43. The van der Waals surface area contributed by atoms with Crippen molar-refractivity contribution in [2.45, 2.75) is 50.3 Å². The molecule has 1 saturated heterocycles. The van der Waals surface area contributed by atoms with E-state index in [0.29, 0.717) is 41.4 Å². The number of nitrogens with one attached hydrogen (secondary N) is 1. The topological polar surface area (TPSA) is 111 Å². The Morgan fingerprint density at radius 1 is 0.788 bits per heavy atom. The molecule has 1 amide bonds. The van der Waals surface area contributed by atoms with Crippen LogP contribution in [0.15, 0.2) is 42.5 Å². The molecule has 12 heteroatoms. The van der Waals surface area contributed by atoms with Gasteiger partial charge >= 0.3 is 0 Å². The van der Waals surface area contributed by atoms with Crippen molar-refractivity contribution >= 4 is 23.4 Å². The summed E-state index contributed by atoms with van der Waals surface area (Å²) in [7, 11) is 9.90. The lowest BCUT2D eigenvalue weighted by Gasteiger charge is -2.46. The molecular weight excluding hydrogens is 683 g/mol. The molecule has 0 spiro atoms. The number of amides is 1. The highest BCUT2D eigenvalue weighted by Crippen LogP contribution is 2.47. The lowest BCUT2D eigenvalue weighted by Crippen LogP contribution is -2.44. The van der Waals surface area contributed by atoms with E-state index in [4.69, 9.17) is 28.4 Å². The molecule has 3 aliphatic heterocycles. The van der Waals surface area contributed by atoms with Gasteiger partial charge in [0.05, 0.1) is 54.5 Å². The summed E-state index contributed by atoms with van der Waals surface area (Å²) < 4.78 is 33.5. The molecule has 4 atom stereocenters. The third-order valence-corrected chi connectivity index (χ3v) is 11.9. The zero-order valence-corrected chi connectivity index (χ0v) is 32.1. The van der Waals surface area contributed by atoms with Crippen LogP contribution in [0.4, 0.5) is 5.69 Å². The van der Waals surface area contributed by atoms with Gasteiger partial charge in [0.15, 0.2) is 34.5 Å². The second-order valence-electron chi connectivity index (χ2n) is 13.8. The lowest BCUT2D eigenvalue weighted by molar-refractivity contribution is -0.113. The van der Waals surface area contributed by atoms with E-state index in [1.807, 2.05) is 0 Å². The fourth-order valence-electron chi connectivity index (χ4n) is 8.23. The lowest BCUT2D eigenvalue weighted by atomic mass is 9.77. The number of carbonyl (C=O) groups is 1. The number of thioether (sulfide) groups is 1. The van der Waals surface area contributed by atoms with Crippen molar-refractivity contribution < 1.29 is 38.3 Å². The number of hydrogen-bond donors (Lipinski definition) is 2. The first-order valence-corrected chi connectivity index (χ1v) is 19.2. The molecule has 0 aromatic heterocycles. The van der Waals surface area contributed by atoms with Gasteiger partial charge in [-0.2, -0.15) is 0 Å². The minimum absolute atomic E-state index is 0.113. The molecule has 3 aromatic rings. The van der Waals surface area contributed by atoms with Crippen LogP contribution in [0.1, 0.15) is 53.6 Å². The van der Waals surface area contributed by atoms with Crippen LogP contribution >= 0.6 is 11.8 Å². The molecule has 0 saturated carbocycles. The fraction of sp³-hybridized carbons (Fsp3) is 0.525. The number of aliphatic hydroxyl groups excluding tert-OH is 1. The predicted octanol–water partition coefficient (Wildman–Crippen LogP) is 5.77. The van der Waals surface area contributed by atoms with Crippen LogP contribution in [0.2, 0.25) is 0 Å². The van der Waals surface area contributed by atoms with Crippen molar-refractivity contribution in [2.75, 3.05) is 85.7 Å². The summed E-state index contributed by atoms with van der Waals surface area (Å²) in [5, 5.41) is 14.3. The van der Waals surface area contributed by atoms with Crippen molar-refractivity contribution in [2.24, 2.45) is 5.92 Å². The van der Waals surface area contributed by atoms with E-state index < -0.39 is 6.10 Å². The van der Waals surface area contributed by atoms with E-state index >= 15 is 0 Å². The van der Waals surface area contributed by atoms with Gasteiger partial charge in [0.1, 0.15) is 0 Å². The SMILES string of the molecule is COc1ccc(NC(=O)CSCC(O)CN2CCc3cc(OC)c(OC)cc3C2CC2CCN3CCc4cc(OC)c(OC)cc4C3C2)cc1OC. The second-order valence-corrected chi connectivity index (χ2v) is 14.8. The molecular formula is C40H53N3O8S. The summed E-state index contributed by atoms with van der Waals surface area (Å²) in [5.74, 6) is 5.21. The summed E-state index contributed by atoms with van der Waals surface area (Å²) >= 11 is 1.43. The van der Waals surface area contributed by atoms with Gasteiger partial charge in [-0.15, -0.1) is 11.8 Å². The zero-order chi connectivity index (χ0) is 36.8. The maximum absolute atomic E-state index is 12.8. The van der Waals surface area contributed by atoms with Crippen LogP contribution in [0, 0.1) is 5.92 Å². The Morgan fingerprint density at radius 3 is 2.06 bits per heavy atom. The largest absolute Gasteiger partial charge is 0.493 e. The van der Waals surface area contributed by atoms with Crippen LogP contribution in [0.3, 0.4) is 0 Å². The number of β-amino-alcohol motifs (C(OH)–C–C–N with tert-alkyl or cyclic N) is 1. The number of methoxy groups -OCH3 is 6. The minimum Gasteiger partial charge on any atom is -0.493 e. The first kappa shape index (κ1) is 37.9. The van der Waals surface area contributed by atoms with Gasteiger partial charge in [-0.05, 0) is 103 Å². The van der Waals surface area contributed by atoms with Crippen molar-refractivity contribution in [1.82, 2.24) is 9.80 Å². The third-order valence-electron chi connectivity index (χ3n) is 10.8. The monoisotopic (exact) mass is 735 g/mol. The zero-order valence-electron chi connectivity index (χ0n) is 31.2. The average Bonchev–Trinajstić information content (AvgIpc) is 3.17. The van der Waals surface area contributed by atoms with Gasteiger partial charge in [0, 0.05) is 49.2 Å². The number of hydrogen-bond acceptors (Lipinski definition) is 11. The number of piperidine rings is 1. The molecule has 52 heavy (non-hydrogen) atoms. The van der Waals surface area contributed by atoms with Crippen molar-refractivity contribution in [3.8, 4) is 34.5 Å². The number of anilines is 1. The highest BCUT2D eigenvalue weighted by atomic mass is 32.2. The van der Waals surface area contributed by atoms with Gasteiger partial charge in [0.2, 0.25) is 5.91 Å². The summed E-state index contributed by atoms with van der Waals surface area (Å²) in [6, 6.07) is 14.3. The number of aliphatic hydroxyl groups is 1. The first-order valence-electron chi connectivity index (χ1n) is 18.0. The Hall–Kier alpha value is -3.84. The Labute approximate surface area is 311 Å². The quantitative estimate of drug-likeness (QED) is 0.199. The van der Waals surface area contributed by atoms with Crippen LogP contribution < -0.4 is 33.7 Å². The maximum atomic E-state index is 12.8. The highest BCUT2D eigenvalue weighted by molar-refractivity contribution is 8.00. The smallest absolute Gasteiger partial charge is 0.234 e. The van der Waals surface area contributed by atoms with Crippen molar-refractivity contribution in [3.63, 3.8) is 0 Å². The number of rotatable bonds is 15. The van der Waals surface area contributed by atoms with Gasteiger partial charge < -0.3 is 38.8 Å². The number of carbonyl (C=O) groups excluding carboxylic acids is 1. The Kier molecular flexibility index (Phi) is 12.6. The van der Waals surface area contributed by atoms with Crippen LogP contribution in [0.5, 0.6) is 34.5 Å². The van der Waals surface area contributed by atoms with Gasteiger partial charge in [-0.3, -0.25) is 14.6 Å². The molecule has 4 unspecified atom stereocenters. The molecule has 0 aliphatic carbocycles. The normalized spacial score (nSPS) is 20.5. The Morgan fingerprint density at radius 2 is 1.38 bits per heavy atom. The maximum Gasteiger partial charge on any atom is 0.234 e. The average molecular weight is 736 g/mol. The first-order chi connectivity index (χ1) is 25.3. The molecule has 3 aromatic carbocycles.